The molecule has 0 saturated heterocycles. The molecule has 3 nitrogen and oxygen atoms in total. The lowest BCUT2D eigenvalue weighted by Gasteiger charge is -2.24. The minimum Gasteiger partial charge on any atom is -0.399 e. The van der Waals surface area contributed by atoms with Crippen LogP contribution >= 0.6 is 0 Å². The molecular weight excluding hydrogens is 210 g/mol. The van der Waals surface area contributed by atoms with Crippen LogP contribution in [0.3, 0.4) is 0 Å². The first-order valence-electron chi connectivity index (χ1n) is 5.16. The molecule has 0 radical (unpaired) electrons. The molecule has 0 heterocycles. The molecule has 0 bridgehead atoms. The van der Waals surface area contributed by atoms with E-state index >= 15 is 0 Å². The second kappa shape index (κ2) is 3.85. The number of nitrogens with two attached hydrogens (primary N) is 1. The van der Waals surface area contributed by atoms with Crippen molar-refractivity contribution in [3.63, 3.8) is 0 Å². The zero-order valence-corrected chi connectivity index (χ0v) is 9.33. The summed E-state index contributed by atoms with van der Waals surface area (Å²) in [7, 11) is -3.09. The van der Waals surface area contributed by atoms with Crippen LogP contribution in [0.2, 0.25) is 0 Å². The van der Waals surface area contributed by atoms with Crippen LogP contribution in [-0.2, 0) is 9.84 Å². The quantitative estimate of drug-likeness (QED) is 0.798. The van der Waals surface area contributed by atoms with Crippen molar-refractivity contribution in [3.8, 4) is 0 Å². The monoisotopic (exact) mass is 225 g/mol. The molecule has 0 unspecified atom stereocenters. The lowest BCUT2D eigenvalue weighted by atomic mass is 9.87. The first kappa shape index (κ1) is 10.5. The number of rotatable bonds is 3. The highest BCUT2D eigenvalue weighted by atomic mass is 32.2. The van der Waals surface area contributed by atoms with Crippen molar-refractivity contribution in [1.29, 1.82) is 0 Å². The SMILES string of the molecule is Nc1ccc(S(=O)(=O)CC2CCC2)cc1. The molecule has 1 aromatic carbocycles. The Morgan fingerprint density at radius 1 is 1.20 bits per heavy atom. The minimum absolute atomic E-state index is 0.289. The number of hydrogen-bond donors (Lipinski definition) is 1. The molecule has 82 valence electrons. The summed E-state index contributed by atoms with van der Waals surface area (Å²) in [5, 5.41) is 0. The summed E-state index contributed by atoms with van der Waals surface area (Å²) >= 11 is 0. The number of nitrogen functional groups attached to an aromatic ring is 1. The molecule has 0 atom stereocenters. The van der Waals surface area contributed by atoms with Gasteiger partial charge in [0.2, 0.25) is 0 Å². The van der Waals surface area contributed by atoms with Gasteiger partial charge in [0.05, 0.1) is 10.6 Å². The van der Waals surface area contributed by atoms with E-state index in [1.165, 1.54) is 6.42 Å². The third kappa shape index (κ3) is 2.31. The highest BCUT2D eigenvalue weighted by Crippen LogP contribution is 2.29. The first-order chi connectivity index (χ1) is 7.08. The average molecular weight is 225 g/mol. The van der Waals surface area contributed by atoms with Crippen LogP contribution in [0.25, 0.3) is 0 Å². The molecule has 1 aliphatic carbocycles. The number of hydrogen-bond acceptors (Lipinski definition) is 3. The lowest BCUT2D eigenvalue weighted by molar-refractivity contribution is 0.347. The van der Waals surface area contributed by atoms with Crippen molar-refractivity contribution in [2.24, 2.45) is 5.92 Å². The predicted octanol–water partition coefficient (Wildman–Crippen LogP) is 1.84. The molecule has 1 aliphatic rings. The van der Waals surface area contributed by atoms with E-state index in [0.29, 0.717) is 16.5 Å². The summed E-state index contributed by atoms with van der Waals surface area (Å²) < 4.78 is 23.8. The van der Waals surface area contributed by atoms with E-state index in [0.717, 1.165) is 12.8 Å². The van der Waals surface area contributed by atoms with Gasteiger partial charge in [-0.2, -0.15) is 0 Å². The second-order valence-corrected chi connectivity index (χ2v) is 6.18. The summed E-state index contributed by atoms with van der Waals surface area (Å²) in [5.74, 6) is 0.657. The summed E-state index contributed by atoms with van der Waals surface area (Å²) in [6.07, 6.45) is 3.27. The van der Waals surface area contributed by atoms with Crippen LogP contribution < -0.4 is 5.73 Å². The van der Waals surface area contributed by atoms with E-state index in [-0.39, 0.29) is 5.75 Å². The largest absolute Gasteiger partial charge is 0.399 e. The third-order valence-corrected chi connectivity index (χ3v) is 4.82. The summed E-state index contributed by atoms with van der Waals surface area (Å²) in [6, 6.07) is 6.44. The molecule has 1 fully saturated rings. The number of benzene rings is 1. The first-order valence-corrected chi connectivity index (χ1v) is 6.81. The van der Waals surface area contributed by atoms with Gasteiger partial charge in [-0.3, -0.25) is 0 Å². The minimum atomic E-state index is -3.09. The van der Waals surface area contributed by atoms with Gasteiger partial charge < -0.3 is 5.73 Å². The highest BCUT2D eigenvalue weighted by molar-refractivity contribution is 7.91. The standard InChI is InChI=1S/C11H15NO2S/c12-10-4-6-11(7-5-10)15(13,14)8-9-2-1-3-9/h4-7,9H,1-3,8,12H2. The Bertz CT molecular complexity index is 432. The molecule has 0 spiro atoms. The molecule has 4 heteroatoms. The molecular formula is C11H15NO2S. The van der Waals surface area contributed by atoms with E-state index in [1.54, 1.807) is 24.3 Å². The van der Waals surface area contributed by atoms with Crippen LogP contribution in [0, 0.1) is 5.92 Å². The van der Waals surface area contributed by atoms with Crippen molar-refractivity contribution in [2.45, 2.75) is 24.2 Å². The molecule has 15 heavy (non-hydrogen) atoms. The Kier molecular flexibility index (Phi) is 2.69. The van der Waals surface area contributed by atoms with Crippen molar-refractivity contribution in [2.75, 3.05) is 11.5 Å². The van der Waals surface area contributed by atoms with Gasteiger partial charge in [-0.05, 0) is 43.0 Å². The predicted molar refractivity (Wildman–Crippen MR) is 60.2 cm³/mol. The van der Waals surface area contributed by atoms with Crippen LogP contribution in [0.4, 0.5) is 5.69 Å². The van der Waals surface area contributed by atoms with Gasteiger partial charge in [-0.25, -0.2) is 8.42 Å². The maximum atomic E-state index is 11.9. The van der Waals surface area contributed by atoms with Crippen molar-refractivity contribution in [3.05, 3.63) is 24.3 Å². The Labute approximate surface area is 90.2 Å². The molecule has 0 aromatic heterocycles. The zero-order valence-electron chi connectivity index (χ0n) is 8.52. The molecule has 0 aliphatic heterocycles. The van der Waals surface area contributed by atoms with Crippen molar-refractivity contribution in [1.82, 2.24) is 0 Å². The van der Waals surface area contributed by atoms with E-state index < -0.39 is 9.84 Å². The van der Waals surface area contributed by atoms with Gasteiger partial charge in [0, 0.05) is 5.69 Å². The Hall–Kier alpha value is -1.03. The van der Waals surface area contributed by atoms with Gasteiger partial charge in [-0.1, -0.05) is 6.42 Å². The zero-order chi connectivity index (χ0) is 10.9. The fourth-order valence-corrected chi connectivity index (χ4v) is 3.44. The topological polar surface area (TPSA) is 60.2 Å². The van der Waals surface area contributed by atoms with Crippen LogP contribution in [0.5, 0.6) is 0 Å². The summed E-state index contributed by atoms with van der Waals surface area (Å²) in [5.41, 5.74) is 6.11. The maximum Gasteiger partial charge on any atom is 0.178 e. The van der Waals surface area contributed by atoms with Crippen molar-refractivity contribution < 1.29 is 8.42 Å². The highest BCUT2D eigenvalue weighted by Gasteiger charge is 2.25. The smallest absolute Gasteiger partial charge is 0.178 e. The van der Waals surface area contributed by atoms with E-state index in [1.807, 2.05) is 0 Å². The Morgan fingerprint density at radius 2 is 1.80 bits per heavy atom. The fourth-order valence-electron chi connectivity index (χ4n) is 1.74. The summed E-state index contributed by atoms with van der Waals surface area (Å²) in [6.45, 7) is 0. The van der Waals surface area contributed by atoms with Gasteiger partial charge in [0.25, 0.3) is 0 Å². The van der Waals surface area contributed by atoms with Gasteiger partial charge in [-0.15, -0.1) is 0 Å². The van der Waals surface area contributed by atoms with Crippen molar-refractivity contribution >= 4 is 15.5 Å². The third-order valence-electron chi connectivity index (χ3n) is 2.92. The average Bonchev–Trinajstić information content (AvgIpc) is 2.13. The van der Waals surface area contributed by atoms with Gasteiger partial charge >= 0.3 is 0 Å². The Morgan fingerprint density at radius 3 is 2.27 bits per heavy atom. The van der Waals surface area contributed by atoms with Crippen LogP contribution in [-0.4, -0.2) is 14.2 Å². The molecule has 2 N–H and O–H groups in total. The van der Waals surface area contributed by atoms with Crippen LogP contribution in [0.1, 0.15) is 19.3 Å². The molecule has 2 rings (SSSR count). The van der Waals surface area contributed by atoms with Gasteiger partial charge in [0.15, 0.2) is 9.84 Å². The van der Waals surface area contributed by atoms with E-state index in [9.17, 15) is 8.42 Å². The normalized spacial score (nSPS) is 17.3. The molecule has 1 saturated carbocycles. The second-order valence-electron chi connectivity index (χ2n) is 4.15. The molecule has 0 amide bonds. The fraction of sp³-hybridized carbons (Fsp3) is 0.455. The number of anilines is 1. The van der Waals surface area contributed by atoms with E-state index in [4.69, 9.17) is 5.73 Å². The molecule has 1 aromatic rings. The van der Waals surface area contributed by atoms with E-state index in [2.05, 4.69) is 0 Å². The number of sulfone groups is 1. The lowest BCUT2D eigenvalue weighted by Crippen LogP contribution is -2.22. The Balaban J connectivity index is 2.17. The van der Waals surface area contributed by atoms with Crippen LogP contribution in [0.15, 0.2) is 29.2 Å². The van der Waals surface area contributed by atoms with Gasteiger partial charge in [0.1, 0.15) is 0 Å². The maximum absolute atomic E-state index is 11.9. The summed E-state index contributed by atoms with van der Waals surface area (Å²) in [4.78, 5) is 0.392.